The number of esters is 1. The van der Waals surface area contributed by atoms with E-state index in [9.17, 15) is 18.0 Å². The van der Waals surface area contributed by atoms with Crippen molar-refractivity contribution in [3.8, 4) is 6.07 Å². The van der Waals surface area contributed by atoms with Gasteiger partial charge in [0.25, 0.3) is 0 Å². The number of quaternary nitrogens is 1. The zero-order valence-corrected chi connectivity index (χ0v) is 14.1. The Balaban J connectivity index is 0.000000561. The van der Waals surface area contributed by atoms with Crippen molar-refractivity contribution >= 4 is 21.8 Å². The van der Waals surface area contributed by atoms with Crippen molar-refractivity contribution in [2.45, 2.75) is 5.51 Å². The number of hydrogen-bond acceptors (Lipinski definition) is 5. The predicted molar refractivity (Wildman–Crippen MR) is 79.7 cm³/mol. The van der Waals surface area contributed by atoms with E-state index < -0.39 is 21.6 Å². The van der Waals surface area contributed by atoms with Crippen LogP contribution in [0, 0.1) is 11.3 Å². The average molecular weight is 369 g/mol. The van der Waals surface area contributed by atoms with E-state index in [1.54, 1.807) is 12.1 Å². The molecular weight excluding hydrogens is 353 g/mol. The van der Waals surface area contributed by atoms with Crippen molar-refractivity contribution in [3.63, 3.8) is 0 Å². The van der Waals surface area contributed by atoms with Crippen LogP contribution in [0.25, 0.3) is 0 Å². The zero-order valence-electron chi connectivity index (χ0n) is 13.2. The molecule has 0 saturated carbocycles. The molecule has 1 aromatic rings. The molecule has 0 aromatic heterocycles. The van der Waals surface area contributed by atoms with Crippen molar-refractivity contribution < 1.29 is 35.7 Å². The first kappa shape index (κ1) is 21.8. The lowest BCUT2D eigenvalue weighted by molar-refractivity contribution is -0.0510. The van der Waals surface area contributed by atoms with E-state index in [1.807, 2.05) is 33.3 Å². The van der Waals surface area contributed by atoms with Crippen LogP contribution in [0.4, 0.5) is 18.9 Å². The third kappa shape index (κ3) is 6.15. The van der Waals surface area contributed by atoms with Crippen LogP contribution in [0.3, 0.4) is 0 Å². The molecule has 24 heavy (non-hydrogen) atoms. The zero-order chi connectivity index (χ0) is 19.3. The van der Waals surface area contributed by atoms with Crippen molar-refractivity contribution in [2.24, 2.45) is 0 Å². The maximum Gasteiger partial charge on any atom is 0.522 e. The van der Waals surface area contributed by atoms with Gasteiger partial charge in [0.1, 0.15) is 11.8 Å². The smallest absolute Gasteiger partial charge is 0.465 e. The minimum Gasteiger partial charge on any atom is -0.465 e. The van der Waals surface area contributed by atoms with Gasteiger partial charge in [0.2, 0.25) is 0 Å². The number of rotatable bonds is 2. The number of methoxy groups -OCH3 is 1. The maximum atomic E-state index is 11.4. The quantitative estimate of drug-likeness (QED) is 0.370. The molecule has 0 spiro atoms. The highest BCUT2D eigenvalue weighted by Gasteiger charge is 2.44. The highest BCUT2D eigenvalue weighted by molar-refractivity contribution is 7.86. The number of halogens is 3. The van der Waals surface area contributed by atoms with Crippen LogP contribution in [-0.2, 0) is 14.9 Å². The molecule has 1 aromatic carbocycles. The molecular formula is C13H16F3N2O5S+. The van der Waals surface area contributed by atoms with Gasteiger partial charge in [0, 0.05) is 12.1 Å². The van der Waals surface area contributed by atoms with Gasteiger partial charge in [-0.05, 0) is 6.07 Å². The number of nitrogens with zero attached hydrogens (tertiary/aromatic N) is 2. The Morgan fingerprint density at radius 2 is 1.75 bits per heavy atom. The van der Waals surface area contributed by atoms with Crippen molar-refractivity contribution in [2.75, 3.05) is 28.3 Å². The summed E-state index contributed by atoms with van der Waals surface area (Å²) in [5.41, 5.74) is -3.92. The van der Waals surface area contributed by atoms with Crippen LogP contribution in [0.15, 0.2) is 18.2 Å². The van der Waals surface area contributed by atoms with Crippen molar-refractivity contribution in [3.05, 3.63) is 29.3 Å². The van der Waals surface area contributed by atoms with E-state index >= 15 is 0 Å². The Morgan fingerprint density at radius 3 is 2.04 bits per heavy atom. The number of carbonyl (C=O) groups excluding carboxylic acids is 1. The molecule has 134 valence electrons. The molecule has 0 bridgehead atoms. The van der Waals surface area contributed by atoms with Crippen LogP contribution < -0.4 is 4.48 Å². The molecule has 0 aliphatic heterocycles. The average Bonchev–Trinajstić information content (AvgIpc) is 2.43. The minimum absolute atomic E-state index is 0.308. The summed E-state index contributed by atoms with van der Waals surface area (Å²) >= 11 is 0. The van der Waals surface area contributed by atoms with Crippen LogP contribution >= 0.6 is 0 Å². The van der Waals surface area contributed by atoms with Gasteiger partial charge in [-0.15, -0.1) is 0 Å². The van der Waals surface area contributed by atoms with Gasteiger partial charge in [0.15, 0.2) is 0 Å². The fraction of sp³-hybridized carbons (Fsp3) is 0.385. The Labute approximate surface area is 137 Å². The summed E-state index contributed by atoms with van der Waals surface area (Å²) in [4.78, 5) is 11.4. The van der Waals surface area contributed by atoms with Crippen LogP contribution in [0.2, 0.25) is 0 Å². The van der Waals surface area contributed by atoms with E-state index in [0.29, 0.717) is 15.6 Å². The fourth-order valence-corrected chi connectivity index (χ4v) is 1.33. The number of benzene rings is 1. The van der Waals surface area contributed by atoms with Gasteiger partial charge in [0.05, 0.1) is 39.4 Å². The largest absolute Gasteiger partial charge is 0.522 e. The molecule has 11 heteroatoms. The minimum atomic E-state index is -5.84. The van der Waals surface area contributed by atoms with E-state index in [4.69, 9.17) is 18.2 Å². The second-order valence-corrected chi connectivity index (χ2v) is 6.68. The van der Waals surface area contributed by atoms with Gasteiger partial charge in [-0.3, -0.25) is 9.04 Å². The SMILES string of the molecule is COC(=O)c1ccc([N+](C)(C)C)cc1C#N.O=S(=O)(O)C(F)(F)F. The normalized spacial score (nSPS) is 11.8. The lowest BCUT2D eigenvalue weighted by Crippen LogP contribution is -2.34. The van der Waals surface area contributed by atoms with E-state index in [-0.39, 0.29) is 0 Å². The molecule has 7 nitrogen and oxygen atoms in total. The number of carbonyl (C=O) groups is 1. The molecule has 0 saturated heterocycles. The summed E-state index contributed by atoms with van der Waals surface area (Å²) in [5, 5.41) is 8.99. The summed E-state index contributed by atoms with van der Waals surface area (Å²) in [5.74, 6) is -0.482. The monoisotopic (exact) mass is 369 g/mol. The molecule has 0 radical (unpaired) electrons. The van der Waals surface area contributed by atoms with Gasteiger partial charge >= 0.3 is 21.6 Å². The number of alkyl halides is 3. The lowest BCUT2D eigenvalue weighted by Gasteiger charge is -2.23. The predicted octanol–water partition coefficient (Wildman–Crippen LogP) is 1.94. The Bertz CT molecular complexity index is 746. The molecule has 1 rings (SSSR count). The first-order valence-electron chi connectivity index (χ1n) is 6.13. The summed E-state index contributed by atoms with van der Waals surface area (Å²) in [6, 6.07) is 7.18. The standard InChI is InChI=1S/C12H15N2O2.CHF3O3S/c1-14(2,3)10-5-6-11(12(15)16-4)9(7-10)8-13;2-1(3,4)8(5,6)7/h5-7H,1-4H3;(H,5,6,7)/q+1;. The van der Waals surface area contributed by atoms with Crippen LogP contribution in [-0.4, -0.2) is 52.7 Å². The van der Waals surface area contributed by atoms with E-state index in [0.717, 1.165) is 5.69 Å². The van der Waals surface area contributed by atoms with Crippen molar-refractivity contribution in [1.82, 2.24) is 4.48 Å². The number of ether oxygens (including phenoxy) is 1. The molecule has 0 heterocycles. The summed E-state index contributed by atoms with van der Waals surface area (Å²) in [6.45, 7) is 0. The second-order valence-electron chi connectivity index (χ2n) is 5.27. The molecule has 0 amide bonds. The van der Waals surface area contributed by atoms with Gasteiger partial charge in [-0.2, -0.15) is 26.9 Å². The molecule has 0 atom stereocenters. The summed E-state index contributed by atoms with van der Waals surface area (Å²) in [6.07, 6.45) is 0. The van der Waals surface area contributed by atoms with Gasteiger partial charge < -0.3 is 4.74 Å². The van der Waals surface area contributed by atoms with Crippen molar-refractivity contribution in [1.29, 1.82) is 5.26 Å². The molecule has 0 fully saturated rings. The summed E-state index contributed by atoms with van der Waals surface area (Å²) in [7, 11) is 1.45. The molecule has 1 N–H and O–H groups in total. The van der Waals surface area contributed by atoms with E-state index in [2.05, 4.69) is 4.74 Å². The molecule has 0 unspecified atom stereocenters. The highest BCUT2D eigenvalue weighted by atomic mass is 32.2. The Kier molecular flexibility index (Phi) is 6.92. The Morgan fingerprint density at radius 1 is 1.29 bits per heavy atom. The number of nitriles is 1. The maximum absolute atomic E-state index is 11.4. The summed E-state index contributed by atoms with van der Waals surface area (Å²) < 4.78 is 62.7. The third-order valence-electron chi connectivity index (χ3n) is 2.60. The van der Waals surface area contributed by atoms with Crippen LogP contribution in [0.5, 0.6) is 0 Å². The second kappa shape index (κ2) is 7.61. The highest BCUT2D eigenvalue weighted by Crippen LogP contribution is 2.22. The topological polar surface area (TPSA) is 104 Å². The van der Waals surface area contributed by atoms with Gasteiger partial charge in [-0.25, -0.2) is 4.79 Å². The Hall–Kier alpha value is -2.16. The van der Waals surface area contributed by atoms with Crippen LogP contribution in [0.1, 0.15) is 15.9 Å². The fourth-order valence-electron chi connectivity index (χ4n) is 1.33. The van der Waals surface area contributed by atoms with E-state index in [1.165, 1.54) is 7.11 Å². The first-order valence-corrected chi connectivity index (χ1v) is 7.57. The lowest BCUT2D eigenvalue weighted by atomic mass is 10.1. The van der Waals surface area contributed by atoms with Gasteiger partial charge in [-0.1, -0.05) is 0 Å². The third-order valence-corrected chi connectivity index (χ3v) is 3.18. The first-order chi connectivity index (χ1) is 10.6. The molecule has 0 aliphatic carbocycles. The number of hydrogen-bond donors (Lipinski definition) is 1. The molecule has 0 aliphatic rings.